The number of halogens is 3. The molecule has 21 heavy (non-hydrogen) atoms. The average Bonchev–Trinajstić information content (AvgIpc) is 2.34. The van der Waals surface area contributed by atoms with Gasteiger partial charge in [0, 0.05) is 13.1 Å². The number of hydrogen-bond donors (Lipinski definition) is 0. The Bertz CT molecular complexity index is 552. The van der Waals surface area contributed by atoms with Crippen LogP contribution in [0, 0.1) is 0 Å². The zero-order valence-electron chi connectivity index (χ0n) is 12.3. The van der Waals surface area contributed by atoms with E-state index in [4.69, 9.17) is 4.74 Å². The van der Waals surface area contributed by atoms with Gasteiger partial charge in [-0.1, -0.05) is 23.8 Å². The Morgan fingerprint density at radius 2 is 1.95 bits per heavy atom. The number of benzene rings is 1. The van der Waals surface area contributed by atoms with Crippen molar-refractivity contribution in [2.45, 2.75) is 39.3 Å². The summed E-state index contributed by atoms with van der Waals surface area (Å²) in [4.78, 5) is 13.4. The molecule has 0 saturated heterocycles. The van der Waals surface area contributed by atoms with Gasteiger partial charge in [-0.3, -0.25) is 0 Å². The molecule has 3 nitrogen and oxygen atoms in total. The quantitative estimate of drug-likeness (QED) is 0.746. The van der Waals surface area contributed by atoms with Gasteiger partial charge in [-0.2, -0.15) is 0 Å². The van der Waals surface area contributed by atoms with Crippen LogP contribution in [0.2, 0.25) is 0 Å². The third-order valence-corrected chi connectivity index (χ3v) is 3.31. The molecule has 7 heteroatoms. The van der Waals surface area contributed by atoms with Crippen LogP contribution in [0.1, 0.15) is 31.9 Å². The summed E-state index contributed by atoms with van der Waals surface area (Å²) in [6.45, 7) is 0.645. The summed E-state index contributed by atoms with van der Waals surface area (Å²) in [5.74, 6) is 0. The maximum Gasteiger partial charge on any atom is 0.509 e. The number of carbonyl (C=O) groups is 1. The van der Waals surface area contributed by atoms with Crippen molar-refractivity contribution in [3.8, 4) is 0 Å². The molecule has 0 bridgehead atoms. The van der Waals surface area contributed by atoms with Crippen LogP contribution >= 0.6 is 0 Å². The maximum atomic E-state index is 13.0. The second kappa shape index (κ2) is 5.28. The van der Waals surface area contributed by atoms with Crippen molar-refractivity contribution in [3.63, 3.8) is 0 Å². The van der Waals surface area contributed by atoms with E-state index in [0.717, 1.165) is 6.07 Å². The molecule has 116 valence electrons. The molecule has 1 heterocycles. The Balaban J connectivity index is 2.21. The first kappa shape index (κ1) is 15.7. The van der Waals surface area contributed by atoms with Crippen molar-refractivity contribution in [2.24, 2.45) is 0 Å². The first-order valence-electron chi connectivity index (χ1n) is 6.86. The molecule has 0 aromatic heterocycles. The van der Waals surface area contributed by atoms with Gasteiger partial charge in [-0.15, -0.1) is 5.46 Å². The standard InChI is InChI=1S/C14H18BF3NO2/c1-14(2,3)21-13(20)19-8-7-11-10(9-19)5-4-6-12(11)15(16,17)18/h4-6H,7-9H2,1-3H3/q-1. The number of nitrogens with zero attached hydrogens (tertiary/aromatic N) is 1. The molecule has 1 aromatic carbocycles. The number of hydrogen-bond acceptors (Lipinski definition) is 2. The molecular formula is C14H18BF3NO2-. The highest BCUT2D eigenvalue weighted by molar-refractivity contribution is 6.74. The highest BCUT2D eigenvalue weighted by Gasteiger charge is 2.32. The Kier molecular flexibility index (Phi) is 3.95. The summed E-state index contributed by atoms with van der Waals surface area (Å²) in [6.07, 6.45) is -0.289. The number of carbonyl (C=O) groups excluding carboxylic acids is 1. The lowest BCUT2D eigenvalue weighted by molar-refractivity contribution is 0.0224. The van der Waals surface area contributed by atoms with E-state index in [1.54, 1.807) is 26.8 Å². The topological polar surface area (TPSA) is 29.5 Å². The van der Waals surface area contributed by atoms with Crippen molar-refractivity contribution in [1.29, 1.82) is 0 Å². The van der Waals surface area contributed by atoms with Crippen LogP contribution in [-0.4, -0.2) is 30.1 Å². The maximum absolute atomic E-state index is 13.0. The van der Waals surface area contributed by atoms with Crippen molar-refractivity contribution in [3.05, 3.63) is 29.3 Å². The lowest BCUT2D eigenvalue weighted by atomic mass is 9.74. The Hall–Kier alpha value is -1.66. The van der Waals surface area contributed by atoms with E-state index < -0.39 is 24.1 Å². The Morgan fingerprint density at radius 1 is 1.29 bits per heavy atom. The number of amides is 1. The molecule has 0 saturated carbocycles. The summed E-state index contributed by atoms with van der Waals surface area (Å²) in [6, 6.07) is 4.14. The number of rotatable bonds is 1. The van der Waals surface area contributed by atoms with Gasteiger partial charge in [-0.25, -0.2) is 4.79 Å². The van der Waals surface area contributed by atoms with Crippen LogP contribution in [0.25, 0.3) is 0 Å². The van der Waals surface area contributed by atoms with Crippen LogP contribution in [0.15, 0.2) is 18.2 Å². The van der Waals surface area contributed by atoms with Gasteiger partial charge in [-0.05, 0) is 32.8 Å². The molecule has 0 unspecified atom stereocenters. The van der Waals surface area contributed by atoms with Crippen LogP contribution in [0.5, 0.6) is 0 Å². The normalized spacial score (nSPS) is 15.6. The fourth-order valence-electron chi connectivity index (χ4n) is 2.43. The van der Waals surface area contributed by atoms with E-state index in [2.05, 4.69) is 0 Å². The SMILES string of the molecule is CC(C)(C)OC(=O)N1CCc2c(cccc2[B-](F)(F)F)C1. The third-order valence-electron chi connectivity index (χ3n) is 3.31. The van der Waals surface area contributed by atoms with E-state index in [0.29, 0.717) is 11.1 Å². The largest absolute Gasteiger partial charge is 0.509 e. The van der Waals surface area contributed by atoms with Gasteiger partial charge in [0.25, 0.3) is 0 Å². The smallest absolute Gasteiger partial charge is 0.445 e. The zero-order valence-corrected chi connectivity index (χ0v) is 12.3. The lowest BCUT2D eigenvalue weighted by Gasteiger charge is -2.33. The minimum atomic E-state index is -5.02. The fraction of sp³-hybridized carbons (Fsp3) is 0.500. The molecule has 1 amide bonds. The van der Waals surface area contributed by atoms with Crippen LogP contribution in [0.3, 0.4) is 0 Å². The first-order valence-corrected chi connectivity index (χ1v) is 6.86. The average molecular weight is 300 g/mol. The third kappa shape index (κ3) is 3.71. The molecule has 0 aliphatic carbocycles. The molecule has 0 atom stereocenters. The minimum absolute atomic E-state index is 0.157. The molecule has 0 radical (unpaired) electrons. The van der Waals surface area contributed by atoms with E-state index in [9.17, 15) is 17.7 Å². The van der Waals surface area contributed by atoms with Crippen LogP contribution < -0.4 is 5.46 Å². The molecule has 1 aliphatic heterocycles. The van der Waals surface area contributed by atoms with Gasteiger partial charge < -0.3 is 22.6 Å². The predicted molar refractivity (Wildman–Crippen MR) is 75.5 cm³/mol. The van der Waals surface area contributed by atoms with Crippen LogP contribution in [-0.2, 0) is 17.7 Å². The molecule has 1 aliphatic rings. The van der Waals surface area contributed by atoms with Crippen molar-refractivity contribution in [1.82, 2.24) is 4.90 Å². The van der Waals surface area contributed by atoms with E-state index >= 15 is 0 Å². The Morgan fingerprint density at radius 3 is 2.52 bits per heavy atom. The molecule has 0 fully saturated rings. The molecule has 2 rings (SSSR count). The van der Waals surface area contributed by atoms with Gasteiger partial charge in [0.2, 0.25) is 0 Å². The van der Waals surface area contributed by atoms with Gasteiger partial charge in [0.05, 0.1) is 0 Å². The number of ether oxygens (including phenoxy) is 1. The zero-order chi connectivity index (χ0) is 15.8. The number of fused-ring (bicyclic) bond motifs is 1. The van der Waals surface area contributed by atoms with Crippen molar-refractivity contribution in [2.75, 3.05) is 6.54 Å². The summed E-state index contributed by atoms with van der Waals surface area (Å²) in [5.41, 5.74) is -0.307. The van der Waals surface area contributed by atoms with Crippen molar-refractivity contribution < 1.29 is 22.5 Å². The monoisotopic (exact) mass is 300 g/mol. The van der Waals surface area contributed by atoms with Crippen molar-refractivity contribution >= 4 is 18.5 Å². The summed E-state index contributed by atoms with van der Waals surface area (Å²) in [5, 5.41) is 0. The molecule has 0 spiro atoms. The van der Waals surface area contributed by atoms with Gasteiger partial charge in [0.1, 0.15) is 5.60 Å². The van der Waals surface area contributed by atoms with Gasteiger partial charge in [0.15, 0.2) is 0 Å². The van der Waals surface area contributed by atoms with E-state index in [1.165, 1.54) is 11.0 Å². The van der Waals surface area contributed by atoms with E-state index in [-0.39, 0.29) is 19.5 Å². The lowest BCUT2D eigenvalue weighted by Crippen LogP contribution is -2.44. The summed E-state index contributed by atoms with van der Waals surface area (Å²) >= 11 is 0. The first-order chi connectivity index (χ1) is 9.58. The molecular weight excluding hydrogens is 282 g/mol. The molecule has 1 aromatic rings. The second-order valence-corrected chi connectivity index (χ2v) is 6.21. The molecule has 0 N–H and O–H groups in total. The van der Waals surface area contributed by atoms with Crippen LogP contribution in [0.4, 0.5) is 17.7 Å². The highest BCUT2D eigenvalue weighted by atomic mass is 19.4. The fourth-order valence-corrected chi connectivity index (χ4v) is 2.43. The predicted octanol–water partition coefficient (Wildman–Crippen LogP) is 3.03. The second-order valence-electron chi connectivity index (χ2n) is 6.21. The van der Waals surface area contributed by atoms with Gasteiger partial charge >= 0.3 is 13.1 Å². The summed E-state index contributed by atoms with van der Waals surface area (Å²) < 4.78 is 44.3. The summed E-state index contributed by atoms with van der Waals surface area (Å²) in [7, 11) is 0. The minimum Gasteiger partial charge on any atom is -0.445 e. The Labute approximate surface area is 122 Å². The van der Waals surface area contributed by atoms with E-state index in [1.807, 2.05) is 0 Å². The highest BCUT2D eigenvalue weighted by Crippen LogP contribution is 2.23.